The Balaban J connectivity index is 1.87. The maximum Gasteiger partial charge on any atom is 0.341 e. The molecule has 1 amide bonds. The first-order valence-electron chi connectivity index (χ1n) is 9.48. The quantitative estimate of drug-likeness (QED) is 0.631. The lowest BCUT2D eigenvalue weighted by Gasteiger charge is -2.20. The summed E-state index contributed by atoms with van der Waals surface area (Å²) in [5, 5.41) is 3.49. The average Bonchev–Trinajstić information content (AvgIpc) is 3.01. The number of benzene rings is 1. The van der Waals surface area contributed by atoms with Gasteiger partial charge in [0, 0.05) is 15.5 Å². The van der Waals surface area contributed by atoms with Crippen LogP contribution in [-0.4, -0.2) is 18.5 Å². The smallest absolute Gasteiger partial charge is 0.341 e. The summed E-state index contributed by atoms with van der Waals surface area (Å²) in [4.78, 5) is 26.2. The van der Waals surface area contributed by atoms with Crippen molar-refractivity contribution in [2.24, 2.45) is 5.92 Å². The third kappa shape index (κ3) is 4.39. The molecule has 0 bridgehead atoms. The Labute approximate surface area is 173 Å². The first-order valence-corrected chi connectivity index (χ1v) is 10.7. The summed E-state index contributed by atoms with van der Waals surface area (Å²) in [6, 6.07) is 4.31. The molecule has 1 atom stereocenters. The molecule has 0 spiro atoms. The van der Waals surface area contributed by atoms with Crippen molar-refractivity contribution in [3.05, 3.63) is 50.6 Å². The number of amides is 1. The van der Waals surface area contributed by atoms with E-state index in [1.165, 1.54) is 23.5 Å². The highest BCUT2D eigenvalue weighted by molar-refractivity contribution is 7.17. The van der Waals surface area contributed by atoms with Crippen molar-refractivity contribution in [2.75, 3.05) is 11.9 Å². The van der Waals surface area contributed by atoms with Gasteiger partial charge in [-0.3, -0.25) is 4.79 Å². The number of anilines is 1. The molecule has 150 valence electrons. The highest BCUT2D eigenvalue weighted by atomic mass is 35.5. The Hall–Kier alpha value is -1.92. The molecule has 7 heteroatoms. The van der Waals surface area contributed by atoms with E-state index in [-0.39, 0.29) is 23.6 Å². The Morgan fingerprint density at radius 2 is 2.14 bits per heavy atom. The number of rotatable bonds is 6. The molecule has 1 aromatic carbocycles. The van der Waals surface area contributed by atoms with Crippen molar-refractivity contribution < 1.29 is 18.7 Å². The van der Waals surface area contributed by atoms with Gasteiger partial charge < -0.3 is 10.1 Å². The van der Waals surface area contributed by atoms with E-state index < -0.39 is 17.7 Å². The van der Waals surface area contributed by atoms with Crippen LogP contribution in [0.4, 0.5) is 9.39 Å². The summed E-state index contributed by atoms with van der Waals surface area (Å²) >= 11 is 7.45. The predicted molar refractivity (Wildman–Crippen MR) is 110 cm³/mol. The van der Waals surface area contributed by atoms with Crippen molar-refractivity contribution in [1.29, 1.82) is 0 Å². The van der Waals surface area contributed by atoms with Crippen LogP contribution in [0.2, 0.25) is 5.02 Å². The van der Waals surface area contributed by atoms with Crippen molar-refractivity contribution >= 4 is 39.8 Å². The van der Waals surface area contributed by atoms with Gasteiger partial charge in [0.2, 0.25) is 5.91 Å². The van der Waals surface area contributed by atoms with E-state index in [2.05, 4.69) is 12.2 Å². The Bertz CT molecular complexity index is 876. The molecule has 1 aromatic heterocycles. The number of thiophene rings is 1. The minimum absolute atomic E-state index is 0.145. The van der Waals surface area contributed by atoms with Crippen LogP contribution in [0.5, 0.6) is 0 Å². The van der Waals surface area contributed by atoms with Crippen LogP contribution in [0.15, 0.2) is 18.2 Å². The molecular weight excluding hydrogens is 401 g/mol. The molecule has 0 radical (unpaired) electrons. The molecule has 4 nitrogen and oxygen atoms in total. The molecule has 0 unspecified atom stereocenters. The number of nitrogens with one attached hydrogen (secondary N) is 1. The summed E-state index contributed by atoms with van der Waals surface area (Å²) < 4.78 is 19.2. The highest BCUT2D eigenvalue weighted by Gasteiger charge is 2.30. The fourth-order valence-corrected chi connectivity index (χ4v) is 5.14. The number of esters is 1. The van der Waals surface area contributed by atoms with Crippen molar-refractivity contribution in [3.63, 3.8) is 0 Å². The molecule has 1 aliphatic carbocycles. The average molecular weight is 424 g/mol. The maximum atomic E-state index is 14.0. The zero-order valence-electron chi connectivity index (χ0n) is 15.9. The SMILES string of the molecule is CCOC(=O)c1c(NC(=O)Cc2c(F)cccc2Cl)sc2c1CC[C@@H](CC)C2. The molecule has 1 heterocycles. The predicted octanol–water partition coefficient (Wildman–Crippen LogP) is 5.41. The summed E-state index contributed by atoms with van der Waals surface area (Å²) in [6.45, 7) is 4.18. The molecule has 0 saturated heterocycles. The van der Waals surface area contributed by atoms with Gasteiger partial charge in [0.15, 0.2) is 0 Å². The largest absolute Gasteiger partial charge is 0.462 e. The number of fused-ring (bicyclic) bond motifs is 1. The monoisotopic (exact) mass is 423 g/mol. The van der Waals surface area contributed by atoms with Gasteiger partial charge in [-0.25, -0.2) is 9.18 Å². The van der Waals surface area contributed by atoms with E-state index in [4.69, 9.17) is 16.3 Å². The first-order chi connectivity index (χ1) is 13.4. The van der Waals surface area contributed by atoms with Gasteiger partial charge in [0.05, 0.1) is 18.6 Å². The summed E-state index contributed by atoms with van der Waals surface area (Å²) in [5.41, 5.74) is 1.57. The second-order valence-electron chi connectivity index (χ2n) is 6.87. The zero-order chi connectivity index (χ0) is 20.3. The van der Waals surface area contributed by atoms with E-state index in [0.717, 1.165) is 36.1 Å². The van der Waals surface area contributed by atoms with Gasteiger partial charge in [-0.05, 0) is 49.8 Å². The third-order valence-electron chi connectivity index (χ3n) is 5.08. The van der Waals surface area contributed by atoms with Crippen LogP contribution in [0.3, 0.4) is 0 Å². The Morgan fingerprint density at radius 1 is 1.36 bits per heavy atom. The van der Waals surface area contributed by atoms with Gasteiger partial charge in [-0.1, -0.05) is 31.0 Å². The van der Waals surface area contributed by atoms with Crippen LogP contribution in [0.1, 0.15) is 53.1 Å². The van der Waals surface area contributed by atoms with Gasteiger partial charge in [-0.15, -0.1) is 11.3 Å². The Morgan fingerprint density at radius 3 is 2.82 bits per heavy atom. The molecule has 1 N–H and O–H groups in total. The van der Waals surface area contributed by atoms with Gasteiger partial charge in [0.25, 0.3) is 0 Å². The second kappa shape index (κ2) is 9.05. The number of hydrogen-bond acceptors (Lipinski definition) is 4. The van der Waals surface area contributed by atoms with Gasteiger partial charge in [-0.2, -0.15) is 0 Å². The lowest BCUT2D eigenvalue weighted by molar-refractivity contribution is -0.115. The number of hydrogen-bond donors (Lipinski definition) is 1. The number of halogens is 2. The topological polar surface area (TPSA) is 55.4 Å². The third-order valence-corrected chi connectivity index (χ3v) is 6.60. The fourth-order valence-electron chi connectivity index (χ4n) is 3.54. The van der Waals surface area contributed by atoms with Crippen LogP contribution in [-0.2, 0) is 28.8 Å². The lowest BCUT2D eigenvalue weighted by atomic mass is 9.85. The normalized spacial score (nSPS) is 15.8. The van der Waals surface area contributed by atoms with Gasteiger partial charge >= 0.3 is 5.97 Å². The van der Waals surface area contributed by atoms with Crippen LogP contribution in [0, 0.1) is 11.7 Å². The molecular formula is C21H23ClFNO3S. The fraction of sp³-hybridized carbons (Fsp3) is 0.429. The zero-order valence-corrected chi connectivity index (χ0v) is 17.5. The molecule has 28 heavy (non-hydrogen) atoms. The lowest BCUT2D eigenvalue weighted by Crippen LogP contribution is -2.18. The van der Waals surface area contributed by atoms with Gasteiger partial charge in [0.1, 0.15) is 10.8 Å². The van der Waals surface area contributed by atoms with Crippen LogP contribution >= 0.6 is 22.9 Å². The number of carbonyl (C=O) groups excluding carboxylic acids is 2. The van der Waals surface area contributed by atoms with Crippen molar-refractivity contribution in [1.82, 2.24) is 0 Å². The molecule has 2 aromatic rings. The minimum Gasteiger partial charge on any atom is -0.462 e. The summed E-state index contributed by atoms with van der Waals surface area (Å²) in [6.07, 6.45) is 3.60. The Kier molecular flexibility index (Phi) is 6.73. The minimum atomic E-state index is -0.524. The maximum absolute atomic E-state index is 14.0. The molecule has 0 saturated carbocycles. The molecule has 0 aliphatic heterocycles. The summed E-state index contributed by atoms with van der Waals surface area (Å²) in [5.74, 6) is -0.774. The van der Waals surface area contributed by atoms with Crippen molar-refractivity contribution in [3.8, 4) is 0 Å². The van der Waals surface area contributed by atoms with Crippen LogP contribution in [0.25, 0.3) is 0 Å². The summed E-state index contributed by atoms with van der Waals surface area (Å²) in [7, 11) is 0. The van der Waals surface area contributed by atoms with E-state index >= 15 is 0 Å². The van der Waals surface area contributed by atoms with Crippen LogP contribution < -0.4 is 5.32 Å². The number of carbonyl (C=O) groups is 2. The second-order valence-corrected chi connectivity index (χ2v) is 8.38. The van der Waals surface area contributed by atoms with E-state index in [1.54, 1.807) is 13.0 Å². The highest BCUT2D eigenvalue weighted by Crippen LogP contribution is 2.41. The standard InChI is InChI=1S/C21H23ClFNO3S/c1-3-12-8-9-13-17(10-12)28-20(19(13)21(26)27-4-2)24-18(25)11-14-15(22)6-5-7-16(14)23/h5-7,12H,3-4,8-11H2,1-2H3,(H,24,25)/t12-/m1/s1. The van der Waals surface area contributed by atoms with E-state index in [1.807, 2.05) is 0 Å². The van der Waals surface area contributed by atoms with E-state index in [0.29, 0.717) is 16.5 Å². The number of ether oxygens (including phenoxy) is 1. The van der Waals surface area contributed by atoms with E-state index in [9.17, 15) is 14.0 Å². The molecule has 0 fully saturated rings. The molecule has 3 rings (SSSR count). The molecule has 1 aliphatic rings. The first kappa shape index (κ1) is 20.8. The van der Waals surface area contributed by atoms with Crippen molar-refractivity contribution in [2.45, 2.75) is 46.0 Å².